The number of aliphatic imine (C=N–C) groups is 3. The van der Waals surface area contributed by atoms with Crippen molar-refractivity contribution in [2.24, 2.45) is 37.9 Å². The third-order valence-electron chi connectivity index (χ3n) is 13.5. The van der Waals surface area contributed by atoms with Gasteiger partial charge in [0.25, 0.3) is 0 Å². The highest BCUT2D eigenvalue weighted by molar-refractivity contribution is 5.95. The van der Waals surface area contributed by atoms with E-state index in [4.69, 9.17) is 76.9 Å². The number of rotatable bonds is 28. The highest BCUT2D eigenvalue weighted by Crippen LogP contribution is 2.20. The van der Waals surface area contributed by atoms with Gasteiger partial charge >= 0.3 is 60.9 Å². The van der Waals surface area contributed by atoms with Crippen molar-refractivity contribution in [1.29, 1.82) is 0 Å². The van der Waals surface area contributed by atoms with Crippen LogP contribution in [0.5, 0.6) is 0 Å². The third kappa shape index (κ3) is 82.2. The number of nitrogens with zero attached hydrogens (tertiary/aromatic N) is 13. The Hall–Kier alpha value is -12.5. The molecule has 0 aliphatic heterocycles. The number of carbonyl (C=O) groups excluding carboxylic acids is 10. The number of aromatic nitrogens is 8. The van der Waals surface area contributed by atoms with Crippen LogP contribution in [0.4, 0.5) is 47.9 Å². The van der Waals surface area contributed by atoms with E-state index in [2.05, 4.69) is 93.6 Å². The van der Waals surface area contributed by atoms with E-state index in [1.807, 2.05) is 62.3 Å². The number of alkyl carbamates (subject to hydrolysis) is 9. The molecule has 4 aromatic heterocycles. The quantitative estimate of drug-likeness (QED) is 0.00478. The Labute approximate surface area is 805 Å². The van der Waals surface area contributed by atoms with Crippen molar-refractivity contribution in [3.63, 3.8) is 0 Å². The number of hydrogen-bond donors (Lipinski definition) is 14. The van der Waals surface area contributed by atoms with Gasteiger partial charge in [-0.1, -0.05) is 7.43 Å². The lowest BCUT2D eigenvalue weighted by molar-refractivity contribution is -0.00612. The molecule has 47 nitrogen and oxygen atoms in total. The third-order valence-corrected chi connectivity index (χ3v) is 13.5. The fourth-order valence-corrected chi connectivity index (χ4v) is 8.67. The lowest BCUT2D eigenvalue weighted by atomic mass is 10.2. The molecule has 1 unspecified atom stereocenters. The highest BCUT2D eigenvalue weighted by Gasteiger charge is 2.33. The molecule has 4 heterocycles. The summed E-state index contributed by atoms with van der Waals surface area (Å²) < 4.78 is 57.8. The Bertz CT molecular complexity index is 3990. The number of hydrogen-bond acceptors (Lipinski definition) is 31. The van der Waals surface area contributed by atoms with Crippen LogP contribution in [0.2, 0.25) is 0 Å². The minimum atomic E-state index is -1.01. The SMILES string of the molecule is C.CC(C)(C)OC(=O)NCCCN.CC(C)(C)OC(=O)NCCCN(C(=O)OC(C)(C)C)C(NC(=O)OC(C)(C)C)n1cccn1.CC(C)(C)OC(=O)NCCCN=C(N)n1cccn1.CC(C)(C)OC(=O)NCCCN=C(NC(=O)OC(C)(C)C)n1cccn1.CC(C)(C)OC(=O)NCCCN=C(NC(=O)OC(C)(C)C)n1cccn1.NCCCN.[C-]#[N+]NCCCNC(=O)OC(C)(C)C. The first-order valence-corrected chi connectivity index (χ1v) is 44.5. The van der Waals surface area contributed by atoms with Gasteiger partial charge in [0.15, 0.2) is 0 Å². The standard InChI is InChI=1S/C22H39N5O6.2C17H29N5O4.C12H21N5O2.C9H17N3O2.C8H18N2O2.C3H10N2.CH4/c1-20(2,3)31-17(28)23-12-10-14-26(19(30)33-22(7,8)9)16(27-15-11-13-24-27)25-18(29)32-21(4,5)6;2*1-16(2,3)25-14(23)19-10-7-9-18-13(22-12-8-11-20-22)21-15(24)26-17(4,5)6;1-12(2,3)19-11(18)15-7-4-6-14-10(13)17-9-5-8-16-17;1-9(2,3)14-8(13)11-6-5-7-12-10-4;1-8(2,3)12-7(11)10-6-4-5-9;4-2-1-3-5;/h11,13,15-16H,10,12,14H2,1-9H3,(H,23,28)(H,25,29);2*8,11-12H,7,9-10H2,1-6H3,(H,19,23)(H,18,21,24);5,8-9H,4,6-7H2,1-3H3,(H2,13,14)(H,15,18);12H,5-7H2,1-3H3,(H,11,13);4-6,9H2,1-3H3,(H,10,11);1-5H2;1H4. The fourth-order valence-electron chi connectivity index (χ4n) is 8.67. The normalized spacial score (nSPS) is 12.0. The molecule has 0 aromatic carbocycles. The van der Waals surface area contributed by atoms with E-state index in [9.17, 15) is 47.9 Å². The van der Waals surface area contributed by atoms with E-state index in [1.54, 1.807) is 213 Å². The molecule has 18 N–H and O–H groups in total. The molecule has 0 bridgehead atoms. The summed E-state index contributed by atoms with van der Waals surface area (Å²) in [6.07, 6.45) is 11.3. The molecule has 10 amide bonds. The second kappa shape index (κ2) is 66.0. The summed E-state index contributed by atoms with van der Waals surface area (Å²) in [6, 6.07) is 6.88. The Morgan fingerprint density at radius 1 is 0.346 bits per heavy atom. The van der Waals surface area contributed by atoms with E-state index >= 15 is 0 Å². The minimum absolute atomic E-state index is 0. The second-order valence-electron chi connectivity index (χ2n) is 38.9. The number of ether oxygens (including phenoxy) is 10. The van der Waals surface area contributed by atoms with Crippen molar-refractivity contribution >= 4 is 78.8 Å². The van der Waals surface area contributed by atoms with Crippen LogP contribution < -0.4 is 76.2 Å². The molecule has 47 heteroatoms. The molecular formula is C89H167N27O20. The van der Waals surface area contributed by atoms with Crippen molar-refractivity contribution < 1.29 is 95.3 Å². The monoisotopic (exact) mass is 1930 g/mol. The summed E-state index contributed by atoms with van der Waals surface area (Å²) in [6.45, 7) is 66.7. The van der Waals surface area contributed by atoms with Gasteiger partial charge in [0.2, 0.25) is 24.2 Å². The van der Waals surface area contributed by atoms with Gasteiger partial charge < -0.3 is 102 Å². The summed E-state index contributed by atoms with van der Waals surface area (Å²) in [5.74, 6) is 0.838. The molecule has 136 heavy (non-hydrogen) atoms. The van der Waals surface area contributed by atoms with Crippen LogP contribution in [-0.4, -0.2) is 270 Å². The van der Waals surface area contributed by atoms with Crippen molar-refractivity contribution in [1.82, 2.24) is 97.3 Å². The van der Waals surface area contributed by atoms with Gasteiger partial charge in [0, 0.05) is 115 Å². The van der Waals surface area contributed by atoms with Crippen LogP contribution in [0, 0.1) is 6.57 Å². The molecule has 0 saturated heterocycles. The Kier molecular flexibility index (Phi) is 63.0. The van der Waals surface area contributed by atoms with E-state index in [1.165, 1.54) is 29.8 Å². The Morgan fingerprint density at radius 3 is 0.897 bits per heavy atom. The van der Waals surface area contributed by atoms with Crippen LogP contribution >= 0.6 is 0 Å². The van der Waals surface area contributed by atoms with Gasteiger partial charge in [-0.05, 0) is 297 Å². The lowest BCUT2D eigenvalue weighted by Gasteiger charge is -2.34. The topological polar surface area (TPSA) is 603 Å². The Balaban J connectivity index is -0.000000780. The zero-order valence-corrected chi connectivity index (χ0v) is 85.6. The van der Waals surface area contributed by atoms with Gasteiger partial charge in [-0.2, -0.15) is 31.9 Å². The first-order chi connectivity index (χ1) is 62.1. The van der Waals surface area contributed by atoms with E-state index in [-0.39, 0.29) is 38.5 Å². The van der Waals surface area contributed by atoms with Crippen LogP contribution in [0.15, 0.2) is 88.8 Å². The van der Waals surface area contributed by atoms with Crippen LogP contribution in [0.25, 0.3) is 4.95 Å². The molecular weight excluding hydrogens is 1770 g/mol. The second-order valence-corrected chi connectivity index (χ2v) is 38.9. The van der Waals surface area contributed by atoms with Crippen molar-refractivity contribution in [3.8, 4) is 0 Å². The predicted octanol–water partition coefficient (Wildman–Crippen LogP) is 12.1. The van der Waals surface area contributed by atoms with E-state index < -0.39 is 117 Å². The molecule has 4 aromatic rings. The molecule has 0 spiro atoms. The first-order valence-electron chi connectivity index (χ1n) is 44.5. The Morgan fingerprint density at radius 2 is 0.618 bits per heavy atom. The minimum Gasteiger partial charge on any atom is -0.444 e. The summed E-state index contributed by atoms with van der Waals surface area (Å²) in [4.78, 5) is 135. The van der Waals surface area contributed by atoms with Gasteiger partial charge in [-0.15, -0.1) is 5.43 Å². The molecule has 0 aliphatic carbocycles. The molecule has 0 aliphatic rings. The predicted molar refractivity (Wildman–Crippen MR) is 523 cm³/mol. The molecule has 778 valence electrons. The molecule has 0 saturated carbocycles. The average Bonchev–Trinajstić information content (AvgIpc) is 1.48. The number of nitrogens with one attached hydrogen (secondary N) is 10. The fraction of sp³-hybridized carbons (Fsp3) is 0.708. The highest BCUT2D eigenvalue weighted by atomic mass is 16.6. The summed E-state index contributed by atoms with van der Waals surface area (Å²) in [5, 5.41) is 39.9. The average molecular weight is 1940 g/mol. The number of carbonyl (C=O) groups is 10. The zero-order valence-electron chi connectivity index (χ0n) is 85.6. The molecule has 0 fully saturated rings. The van der Waals surface area contributed by atoms with E-state index in [0.29, 0.717) is 104 Å². The van der Waals surface area contributed by atoms with Gasteiger partial charge in [-0.25, -0.2) is 66.7 Å². The van der Waals surface area contributed by atoms with Crippen LogP contribution in [0.3, 0.4) is 0 Å². The molecule has 0 radical (unpaired) electrons. The van der Waals surface area contributed by atoms with Gasteiger partial charge in [0.1, 0.15) is 56.0 Å². The van der Waals surface area contributed by atoms with Gasteiger partial charge in [-0.3, -0.25) is 35.8 Å². The number of nitrogens with two attached hydrogens (primary N) is 4. The molecule has 1 atom stereocenters. The smallest absolute Gasteiger partial charge is 0.414 e. The maximum absolute atomic E-state index is 13.0. The van der Waals surface area contributed by atoms with Crippen molar-refractivity contribution in [3.05, 3.63) is 85.4 Å². The van der Waals surface area contributed by atoms with Crippen molar-refractivity contribution in [2.45, 2.75) is 322 Å². The summed E-state index contributed by atoms with van der Waals surface area (Å²) in [7, 11) is 0. The number of amides is 10. The van der Waals surface area contributed by atoms with Crippen molar-refractivity contribution in [2.75, 3.05) is 91.6 Å². The maximum atomic E-state index is 13.0. The largest absolute Gasteiger partial charge is 0.444 e. The van der Waals surface area contributed by atoms with Crippen LogP contribution in [-0.2, 0) is 47.4 Å². The summed E-state index contributed by atoms with van der Waals surface area (Å²) in [5.41, 5.74) is 17.8. The zero-order chi connectivity index (χ0) is 104. The lowest BCUT2D eigenvalue weighted by Crippen LogP contribution is -2.50. The van der Waals surface area contributed by atoms with Crippen LogP contribution in [0.1, 0.15) is 266 Å². The first kappa shape index (κ1) is 130. The summed E-state index contributed by atoms with van der Waals surface area (Å²) >= 11 is 0. The maximum Gasteiger partial charge on any atom is 0.414 e. The van der Waals surface area contributed by atoms with Gasteiger partial charge in [0.05, 0.1) is 6.54 Å². The molecule has 4 rings (SSSR count). The van der Waals surface area contributed by atoms with E-state index in [0.717, 1.165) is 25.9 Å².